The average molecular weight is 305 g/mol. The minimum absolute atomic E-state index is 0.206. The SMILES string of the molecule is ClCc1ccc(SCC2OCCc3ccccc32)cc1. The van der Waals surface area contributed by atoms with Gasteiger partial charge in [-0.1, -0.05) is 36.4 Å². The molecular weight excluding hydrogens is 288 g/mol. The van der Waals surface area contributed by atoms with Crippen LogP contribution in [0.1, 0.15) is 22.8 Å². The van der Waals surface area contributed by atoms with Crippen molar-refractivity contribution in [2.45, 2.75) is 23.3 Å². The summed E-state index contributed by atoms with van der Waals surface area (Å²) in [6.45, 7) is 0.827. The zero-order valence-electron chi connectivity index (χ0n) is 11.2. The molecule has 1 unspecified atom stereocenters. The first kappa shape index (κ1) is 14.0. The second-order valence-corrected chi connectivity index (χ2v) is 6.26. The Bertz CT molecular complexity index is 567. The molecule has 0 amide bonds. The second-order valence-electron chi connectivity index (χ2n) is 4.90. The molecule has 0 saturated carbocycles. The van der Waals surface area contributed by atoms with Crippen LogP contribution in [0.2, 0.25) is 0 Å². The summed E-state index contributed by atoms with van der Waals surface area (Å²) in [6.07, 6.45) is 1.24. The van der Waals surface area contributed by atoms with E-state index in [4.69, 9.17) is 16.3 Å². The number of fused-ring (bicyclic) bond motifs is 1. The Morgan fingerprint density at radius 2 is 1.90 bits per heavy atom. The maximum Gasteiger partial charge on any atom is 0.0921 e. The Morgan fingerprint density at radius 1 is 1.10 bits per heavy atom. The molecular formula is C17H17ClOS. The summed E-state index contributed by atoms with van der Waals surface area (Å²) in [5.74, 6) is 1.53. The molecule has 0 spiro atoms. The van der Waals surface area contributed by atoms with Crippen LogP contribution in [0.15, 0.2) is 53.4 Å². The molecule has 2 aromatic rings. The molecule has 20 heavy (non-hydrogen) atoms. The first-order chi connectivity index (χ1) is 9.86. The molecule has 104 valence electrons. The Hall–Kier alpha value is -0.960. The quantitative estimate of drug-likeness (QED) is 0.591. The molecule has 3 heteroatoms. The lowest BCUT2D eigenvalue weighted by Gasteiger charge is -2.25. The lowest BCUT2D eigenvalue weighted by Crippen LogP contribution is -2.17. The fourth-order valence-corrected chi connectivity index (χ4v) is 3.59. The second kappa shape index (κ2) is 6.66. The van der Waals surface area contributed by atoms with Crippen LogP contribution < -0.4 is 0 Å². The molecule has 0 fully saturated rings. The number of benzene rings is 2. The molecule has 1 atom stereocenters. The maximum absolute atomic E-state index is 5.93. The summed E-state index contributed by atoms with van der Waals surface area (Å²) in [5.41, 5.74) is 3.95. The third-order valence-electron chi connectivity index (χ3n) is 3.57. The van der Waals surface area contributed by atoms with Gasteiger partial charge in [0.05, 0.1) is 12.7 Å². The number of halogens is 1. The number of hydrogen-bond acceptors (Lipinski definition) is 2. The summed E-state index contributed by atoms with van der Waals surface area (Å²) in [5, 5.41) is 0. The lowest BCUT2D eigenvalue weighted by molar-refractivity contribution is 0.0588. The summed E-state index contributed by atoms with van der Waals surface area (Å²) in [6, 6.07) is 17.1. The van der Waals surface area contributed by atoms with E-state index in [9.17, 15) is 0 Å². The van der Waals surface area contributed by atoms with E-state index in [0.717, 1.165) is 24.3 Å². The lowest BCUT2D eigenvalue weighted by atomic mass is 9.99. The summed E-state index contributed by atoms with van der Waals surface area (Å²) in [4.78, 5) is 1.27. The van der Waals surface area contributed by atoms with Gasteiger partial charge in [0.25, 0.3) is 0 Å². The highest BCUT2D eigenvalue weighted by molar-refractivity contribution is 7.99. The van der Waals surface area contributed by atoms with Crippen LogP contribution in [0.3, 0.4) is 0 Å². The van der Waals surface area contributed by atoms with Gasteiger partial charge in [0.15, 0.2) is 0 Å². The predicted octanol–water partition coefficient (Wildman–Crippen LogP) is 4.83. The molecule has 1 aliphatic rings. The predicted molar refractivity (Wildman–Crippen MR) is 85.6 cm³/mol. The van der Waals surface area contributed by atoms with E-state index >= 15 is 0 Å². The monoisotopic (exact) mass is 304 g/mol. The highest BCUT2D eigenvalue weighted by Crippen LogP contribution is 2.32. The Balaban J connectivity index is 1.66. The number of ether oxygens (including phenoxy) is 1. The van der Waals surface area contributed by atoms with Crippen LogP contribution in [0.4, 0.5) is 0 Å². The van der Waals surface area contributed by atoms with Crippen LogP contribution in [0.25, 0.3) is 0 Å². The van der Waals surface area contributed by atoms with Crippen LogP contribution in [0.5, 0.6) is 0 Å². The van der Waals surface area contributed by atoms with E-state index in [-0.39, 0.29) is 6.10 Å². The first-order valence-corrected chi connectivity index (χ1v) is 8.36. The van der Waals surface area contributed by atoms with Crippen LogP contribution >= 0.6 is 23.4 Å². The topological polar surface area (TPSA) is 9.23 Å². The van der Waals surface area contributed by atoms with E-state index in [1.165, 1.54) is 16.0 Å². The fraction of sp³-hybridized carbons (Fsp3) is 0.294. The van der Waals surface area contributed by atoms with Crippen molar-refractivity contribution < 1.29 is 4.74 Å². The summed E-state index contributed by atoms with van der Waals surface area (Å²) in [7, 11) is 0. The number of hydrogen-bond donors (Lipinski definition) is 0. The highest BCUT2D eigenvalue weighted by atomic mass is 35.5. The highest BCUT2D eigenvalue weighted by Gasteiger charge is 2.20. The van der Waals surface area contributed by atoms with Crippen molar-refractivity contribution in [2.75, 3.05) is 12.4 Å². The Kier molecular flexibility index (Phi) is 4.66. The molecule has 0 N–H and O–H groups in total. The van der Waals surface area contributed by atoms with E-state index in [2.05, 4.69) is 48.5 Å². The molecule has 0 aliphatic carbocycles. The van der Waals surface area contributed by atoms with E-state index in [1.807, 2.05) is 11.8 Å². The normalized spacial score (nSPS) is 17.8. The molecule has 1 nitrogen and oxygen atoms in total. The standard InChI is InChI=1S/C17H17ClOS/c18-11-13-5-7-15(8-6-13)20-12-17-16-4-2-1-3-14(16)9-10-19-17/h1-8,17H,9-12H2. The zero-order chi connectivity index (χ0) is 13.8. The van der Waals surface area contributed by atoms with Gasteiger partial charge >= 0.3 is 0 Å². The number of rotatable bonds is 4. The van der Waals surface area contributed by atoms with Crippen molar-refractivity contribution in [1.82, 2.24) is 0 Å². The van der Waals surface area contributed by atoms with Crippen LogP contribution in [-0.4, -0.2) is 12.4 Å². The van der Waals surface area contributed by atoms with Crippen LogP contribution in [0, 0.1) is 0 Å². The van der Waals surface area contributed by atoms with Gasteiger partial charge < -0.3 is 4.74 Å². The van der Waals surface area contributed by atoms with Crippen molar-refractivity contribution in [2.24, 2.45) is 0 Å². The van der Waals surface area contributed by atoms with Gasteiger partial charge in [0, 0.05) is 16.5 Å². The average Bonchev–Trinajstić information content (AvgIpc) is 2.53. The first-order valence-electron chi connectivity index (χ1n) is 6.84. The zero-order valence-corrected chi connectivity index (χ0v) is 12.8. The van der Waals surface area contributed by atoms with Crippen LogP contribution in [-0.2, 0) is 17.0 Å². The fourth-order valence-electron chi connectivity index (χ4n) is 2.46. The third kappa shape index (κ3) is 3.20. The van der Waals surface area contributed by atoms with Gasteiger partial charge in [-0.15, -0.1) is 23.4 Å². The summed E-state index contributed by atoms with van der Waals surface area (Å²) < 4.78 is 5.93. The molecule has 0 bridgehead atoms. The molecule has 1 aliphatic heterocycles. The van der Waals surface area contributed by atoms with Crippen molar-refractivity contribution in [3.8, 4) is 0 Å². The molecule has 2 aromatic carbocycles. The van der Waals surface area contributed by atoms with Crippen molar-refractivity contribution >= 4 is 23.4 Å². The largest absolute Gasteiger partial charge is 0.372 e. The van der Waals surface area contributed by atoms with Gasteiger partial charge in [-0.05, 0) is 35.2 Å². The molecule has 0 saturated heterocycles. The number of alkyl halides is 1. The van der Waals surface area contributed by atoms with Gasteiger partial charge in [-0.25, -0.2) is 0 Å². The molecule has 1 heterocycles. The minimum atomic E-state index is 0.206. The van der Waals surface area contributed by atoms with Crippen molar-refractivity contribution in [1.29, 1.82) is 0 Å². The van der Waals surface area contributed by atoms with Gasteiger partial charge in [0.1, 0.15) is 0 Å². The van der Waals surface area contributed by atoms with Crippen molar-refractivity contribution in [3.63, 3.8) is 0 Å². The minimum Gasteiger partial charge on any atom is -0.372 e. The van der Waals surface area contributed by atoms with Crippen molar-refractivity contribution in [3.05, 3.63) is 65.2 Å². The van der Waals surface area contributed by atoms with Gasteiger partial charge in [-0.3, -0.25) is 0 Å². The van der Waals surface area contributed by atoms with E-state index in [0.29, 0.717) is 5.88 Å². The molecule has 3 rings (SSSR count). The Morgan fingerprint density at radius 3 is 2.70 bits per heavy atom. The van der Waals surface area contributed by atoms with E-state index in [1.54, 1.807) is 0 Å². The maximum atomic E-state index is 5.93. The molecule has 0 radical (unpaired) electrons. The molecule has 0 aromatic heterocycles. The third-order valence-corrected chi connectivity index (χ3v) is 4.95. The smallest absolute Gasteiger partial charge is 0.0921 e. The van der Waals surface area contributed by atoms with Gasteiger partial charge in [-0.2, -0.15) is 0 Å². The number of thioether (sulfide) groups is 1. The Labute approximate surface area is 129 Å². The van der Waals surface area contributed by atoms with Gasteiger partial charge in [0.2, 0.25) is 0 Å². The van der Waals surface area contributed by atoms with E-state index < -0.39 is 0 Å². The summed E-state index contributed by atoms with van der Waals surface area (Å²) >= 11 is 7.65.